The largest absolute Gasteiger partial charge is 0.436 e. The number of nitrogen functional groups attached to an aromatic ring is 1. The van der Waals surface area contributed by atoms with Crippen molar-refractivity contribution in [1.82, 2.24) is 4.98 Å². The maximum atomic E-state index is 5.85. The molecule has 0 saturated carbocycles. The zero-order valence-electron chi connectivity index (χ0n) is 8.41. The molecular formula is C11H6Br2N2OS. The highest BCUT2D eigenvalue weighted by Gasteiger charge is 2.15. The van der Waals surface area contributed by atoms with Crippen LogP contribution in [0.5, 0.6) is 0 Å². The number of halogens is 2. The number of para-hydroxylation sites is 1. The van der Waals surface area contributed by atoms with Gasteiger partial charge >= 0.3 is 0 Å². The Morgan fingerprint density at radius 1 is 1.29 bits per heavy atom. The predicted octanol–water partition coefficient (Wildman–Crippen LogP) is 4.66. The van der Waals surface area contributed by atoms with Gasteiger partial charge in [-0.3, -0.25) is 0 Å². The van der Waals surface area contributed by atoms with Gasteiger partial charge in [0.25, 0.3) is 0 Å². The molecule has 0 fully saturated rings. The average molecular weight is 374 g/mol. The van der Waals surface area contributed by atoms with Crippen molar-refractivity contribution in [2.45, 2.75) is 0 Å². The van der Waals surface area contributed by atoms with Crippen LogP contribution in [0.1, 0.15) is 0 Å². The van der Waals surface area contributed by atoms with E-state index in [1.165, 1.54) is 0 Å². The van der Waals surface area contributed by atoms with Gasteiger partial charge in [-0.2, -0.15) is 0 Å². The predicted molar refractivity (Wildman–Crippen MR) is 77.1 cm³/mol. The highest BCUT2D eigenvalue weighted by atomic mass is 79.9. The van der Waals surface area contributed by atoms with E-state index in [9.17, 15) is 0 Å². The Labute approximate surface area is 118 Å². The quantitative estimate of drug-likeness (QED) is 0.631. The third kappa shape index (κ3) is 1.90. The summed E-state index contributed by atoms with van der Waals surface area (Å²) in [6.07, 6.45) is 0. The molecule has 0 spiro atoms. The van der Waals surface area contributed by atoms with E-state index in [0.717, 1.165) is 13.1 Å². The Bertz CT molecular complexity index is 705. The number of hydrogen-bond acceptors (Lipinski definition) is 4. The number of rotatable bonds is 1. The lowest BCUT2D eigenvalue weighted by Gasteiger charge is -1.89. The second-order valence-electron chi connectivity index (χ2n) is 3.45. The second kappa shape index (κ2) is 4.12. The minimum Gasteiger partial charge on any atom is -0.436 e. The molecule has 0 aliphatic rings. The molecule has 2 aromatic heterocycles. The van der Waals surface area contributed by atoms with E-state index in [2.05, 4.69) is 36.8 Å². The van der Waals surface area contributed by atoms with Gasteiger partial charge in [0.05, 0.1) is 18.8 Å². The Morgan fingerprint density at radius 3 is 2.76 bits per heavy atom. The molecule has 0 unspecified atom stereocenters. The standard InChI is InChI=1S/C11H6Br2N2OS/c12-8-4-5(10(13)17-8)11-15-9-6(14)2-1-3-7(9)16-11/h1-4H,14H2. The molecule has 0 bridgehead atoms. The van der Waals surface area contributed by atoms with Crippen LogP contribution in [0.4, 0.5) is 5.69 Å². The molecule has 3 aromatic rings. The zero-order valence-corrected chi connectivity index (χ0v) is 12.4. The van der Waals surface area contributed by atoms with Crippen molar-refractivity contribution in [3.05, 3.63) is 31.8 Å². The summed E-state index contributed by atoms with van der Waals surface area (Å²) in [7, 11) is 0. The Kier molecular flexibility index (Phi) is 2.72. The number of fused-ring (bicyclic) bond motifs is 1. The summed E-state index contributed by atoms with van der Waals surface area (Å²) in [5.41, 5.74) is 8.81. The Morgan fingerprint density at radius 2 is 2.12 bits per heavy atom. The van der Waals surface area contributed by atoms with E-state index >= 15 is 0 Å². The van der Waals surface area contributed by atoms with Crippen LogP contribution in [-0.2, 0) is 0 Å². The highest BCUT2D eigenvalue weighted by Crippen LogP contribution is 2.39. The van der Waals surface area contributed by atoms with Crippen molar-refractivity contribution in [3.63, 3.8) is 0 Å². The molecule has 1 aromatic carbocycles. The summed E-state index contributed by atoms with van der Waals surface area (Å²) in [5, 5.41) is 0. The normalized spacial score (nSPS) is 11.2. The molecule has 0 atom stereocenters. The van der Waals surface area contributed by atoms with E-state index in [-0.39, 0.29) is 0 Å². The first-order chi connectivity index (χ1) is 8.15. The van der Waals surface area contributed by atoms with Crippen LogP contribution < -0.4 is 5.73 Å². The first-order valence-electron chi connectivity index (χ1n) is 4.75. The van der Waals surface area contributed by atoms with Gasteiger partial charge in [0.15, 0.2) is 5.58 Å². The number of hydrogen-bond donors (Lipinski definition) is 1. The topological polar surface area (TPSA) is 52.0 Å². The summed E-state index contributed by atoms with van der Waals surface area (Å²) >= 11 is 8.50. The third-order valence-electron chi connectivity index (χ3n) is 2.34. The van der Waals surface area contributed by atoms with E-state index in [1.807, 2.05) is 24.3 Å². The molecule has 2 N–H and O–H groups in total. The maximum absolute atomic E-state index is 5.85. The summed E-state index contributed by atoms with van der Waals surface area (Å²) in [6, 6.07) is 7.49. The molecule has 0 radical (unpaired) electrons. The van der Waals surface area contributed by atoms with Crippen molar-refractivity contribution in [2.24, 2.45) is 0 Å². The number of aromatic nitrogens is 1. The van der Waals surface area contributed by atoms with Gasteiger partial charge in [-0.1, -0.05) is 6.07 Å². The highest BCUT2D eigenvalue weighted by molar-refractivity contribution is 9.12. The Balaban J connectivity index is 2.25. The number of thiophene rings is 1. The maximum Gasteiger partial charge on any atom is 0.229 e. The summed E-state index contributed by atoms with van der Waals surface area (Å²) in [5.74, 6) is 0.576. The van der Waals surface area contributed by atoms with Gasteiger partial charge < -0.3 is 10.2 Å². The number of nitrogens with two attached hydrogens (primary N) is 1. The zero-order chi connectivity index (χ0) is 12.0. The first-order valence-corrected chi connectivity index (χ1v) is 7.15. The van der Waals surface area contributed by atoms with Crippen LogP contribution >= 0.6 is 43.2 Å². The third-order valence-corrected chi connectivity index (χ3v) is 4.68. The van der Waals surface area contributed by atoms with Crippen LogP contribution in [0.15, 0.2) is 36.3 Å². The van der Waals surface area contributed by atoms with E-state index in [0.29, 0.717) is 22.7 Å². The summed E-state index contributed by atoms with van der Waals surface area (Å²) in [6.45, 7) is 0. The molecule has 0 saturated heterocycles. The molecule has 0 amide bonds. The lowest BCUT2D eigenvalue weighted by Crippen LogP contribution is -1.84. The Hall–Kier alpha value is -0.850. The summed E-state index contributed by atoms with van der Waals surface area (Å²) in [4.78, 5) is 4.42. The number of anilines is 1. The van der Waals surface area contributed by atoms with Crippen molar-refractivity contribution in [1.29, 1.82) is 0 Å². The van der Waals surface area contributed by atoms with E-state index < -0.39 is 0 Å². The number of oxazole rings is 1. The minimum atomic E-state index is 0.576. The molecule has 17 heavy (non-hydrogen) atoms. The van der Waals surface area contributed by atoms with Crippen molar-refractivity contribution in [2.75, 3.05) is 5.73 Å². The van der Waals surface area contributed by atoms with Crippen molar-refractivity contribution in [3.8, 4) is 11.5 Å². The monoisotopic (exact) mass is 372 g/mol. The first kappa shape index (κ1) is 11.3. The lowest BCUT2D eigenvalue weighted by atomic mass is 10.3. The van der Waals surface area contributed by atoms with Crippen LogP contribution in [0.3, 0.4) is 0 Å². The second-order valence-corrected chi connectivity index (χ2v) is 7.20. The smallest absolute Gasteiger partial charge is 0.229 e. The molecule has 3 nitrogen and oxygen atoms in total. The van der Waals surface area contributed by atoms with Gasteiger partial charge in [-0.05, 0) is 50.1 Å². The fourth-order valence-corrected chi connectivity index (χ4v) is 4.35. The summed E-state index contributed by atoms with van der Waals surface area (Å²) < 4.78 is 7.70. The van der Waals surface area contributed by atoms with Crippen molar-refractivity contribution < 1.29 is 4.42 Å². The SMILES string of the molecule is Nc1cccc2oc(-c3cc(Br)sc3Br)nc12. The molecule has 2 heterocycles. The number of benzene rings is 1. The van der Waals surface area contributed by atoms with Crippen LogP contribution in [0, 0.1) is 0 Å². The van der Waals surface area contributed by atoms with Crippen LogP contribution in [0.2, 0.25) is 0 Å². The van der Waals surface area contributed by atoms with E-state index in [1.54, 1.807) is 11.3 Å². The van der Waals surface area contributed by atoms with Gasteiger partial charge in [-0.25, -0.2) is 4.98 Å². The average Bonchev–Trinajstić information content (AvgIpc) is 2.82. The number of nitrogens with zero attached hydrogens (tertiary/aromatic N) is 1. The van der Waals surface area contributed by atoms with Gasteiger partial charge in [0, 0.05) is 0 Å². The fourth-order valence-electron chi connectivity index (χ4n) is 1.57. The van der Waals surface area contributed by atoms with Gasteiger partial charge in [-0.15, -0.1) is 11.3 Å². The molecule has 0 aliphatic carbocycles. The lowest BCUT2D eigenvalue weighted by molar-refractivity contribution is 0.620. The molecule has 0 aliphatic heterocycles. The van der Waals surface area contributed by atoms with E-state index in [4.69, 9.17) is 10.2 Å². The molecular weight excluding hydrogens is 368 g/mol. The fraction of sp³-hybridized carbons (Fsp3) is 0. The molecule has 86 valence electrons. The minimum absolute atomic E-state index is 0.576. The van der Waals surface area contributed by atoms with Crippen molar-refractivity contribution >= 4 is 60.0 Å². The van der Waals surface area contributed by atoms with Crippen LogP contribution in [0.25, 0.3) is 22.6 Å². The van der Waals surface area contributed by atoms with Gasteiger partial charge in [0.1, 0.15) is 5.52 Å². The molecule has 3 rings (SSSR count). The van der Waals surface area contributed by atoms with Crippen LogP contribution in [-0.4, -0.2) is 4.98 Å². The molecule has 6 heteroatoms. The van der Waals surface area contributed by atoms with Gasteiger partial charge in [0.2, 0.25) is 5.89 Å².